The van der Waals surface area contributed by atoms with Crippen molar-refractivity contribution in [1.82, 2.24) is 4.90 Å². The molecule has 0 aromatic heterocycles. The van der Waals surface area contributed by atoms with Crippen molar-refractivity contribution in [3.05, 3.63) is 48.0 Å². The lowest BCUT2D eigenvalue weighted by Gasteiger charge is -2.27. The molecule has 33 heavy (non-hydrogen) atoms. The summed E-state index contributed by atoms with van der Waals surface area (Å²) in [5.41, 5.74) is 0.763. The van der Waals surface area contributed by atoms with Crippen LogP contribution in [-0.4, -0.2) is 55.9 Å². The van der Waals surface area contributed by atoms with Crippen molar-refractivity contribution >= 4 is 5.78 Å². The Morgan fingerprint density at radius 3 is 2.55 bits per heavy atom. The van der Waals surface area contributed by atoms with E-state index in [1.807, 2.05) is 42.5 Å². The SMILES string of the molecule is COc1ccc(OCCCC(=O)C[C@H](CN2CCCC2)[C@H](O)c2ccc3c(c2)OCO3)cc1. The number of fused-ring (bicyclic) bond motifs is 1. The van der Waals surface area contributed by atoms with Crippen LogP contribution in [-0.2, 0) is 4.79 Å². The molecule has 2 aromatic carbocycles. The maximum atomic E-state index is 12.8. The van der Waals surface area contributed by atoms with Crippen LogP contribution in [0.15, 0.2) is 42.5 Å². The Morgan fingerprint density at radius 1 is 1.06 bits per heavy atom. The second-order valence-electron chi connectivity index (χ2n) is 8.70. The molecular weight excluding hydrogens is 422 g/mol. The molecule has 2 atom stereocenters. The zero-order valence-corrected chi connectivity index (χ0v) is 19.2. The maximum absolute atomic E-state index is 12.8. The van der Waals surface area contributed by atoms with Gasteiger partial charge in [0.2, 0.25) is 6.79 Å². The van der Waals surface area contributed by atoms with Crippen LogP contribution in [0.3, 0.4) is 0 Å². The number of carbonyl (C=O) groups is 1. The molecule has 7 nitrogen and oxygen atoms in total. The van der Waals surface area contributed by atoms with Crippen LogP contribution in [0.5, 0.6) is 23.0 Å². The Labute approximate surface area is 195 Å². The molecule has 1 fully saturated rings. The van der Waals surface area contributed by atoms with Crippen LogP contribution in [0.4, 0.5) is 0 Å². The smallest absolute Gasteiger partial charge is 0.231 e. The highest BCUT2D eigenvalue weighted by molar-refractivity contribution is 5.78. The first-order valence-electron chi connectivity index (χ1n) is 11.7. The molecule has 0 saturated carbocycles. The van der Waals surface area contributed by atoms with Gasteiger partial charge >= 0.3 is 0 Å². The molecule has 1 N–H and O–H groups in total. The monoisotopic (exact) mass is 455 g/mol. The van der Waals surface area contributed by atoms with Gasteiger partial charge in [-0.25, -0.2) is 0 Å². The van der Waals surface area contributed by atoms with Crippen molar-refractivity contribution in [2.24, 2.45) is 5.92 Å². The van der Waals surface area contributed by atoms with Gasteiger partial charge in [0.15, 0.2) is 11.5 Å². The summed E-state index contributed by atoms with van der Waals surface area (Å²) >= 11 is 0. The molecule has 0 unspecified atom stereocenters. The number of methoxy groups -OCH3 is 1. The van der Waals surface area contributed by atoms with Gasteiger partial charge < -0.3 is 29.0 Å². The average Bonchev–Trinajstić information content (AvgIpc) is 3.53. The zero-order valence-electron chi connectivity index (χ0n) is 19.2. The lowest BCUT2D eigenvalue weighted by atomic mass is 9.89. The van der Waals surface area contributed by atoms with E-state index >= 15 is 0 Å². The minimum Gasteiger partial charge on any atom is -0.497 e. The van der Waals surface area contributed by atoms with E-state index < -0.39 is 6.10 Å². The normalized spacial score (nSPS) is 17.0. The molecule has 2 heterocycles. The number of hydrogen-bond donors (Lipinski definition) is 1. The van der Waals surface area contributed by atoms with Gasteiger partial charge in [-0.3, -0.25) is 4.79 Å². The number of hydrogen-bond acceptors (Lipinski definition) is 7. The minimum atomic E-state index is -0.736. The summed E-state index contributed by atoms with van der Waals surface area (Å²) in [5.74, 6) is 2.86. The van der Waals surface area contributed by atoms with Crippen LogP contribution in [0, 0.1) is 5.92 Å². The van der Waals surface area contributed by atoms with Crippen molar-refractivity contribution < 1.29 is 28.8 Å². The zero-order chi connectivity index (χ0) is 23.0. The summed E-state index contributed by atoms with van der Waals surface area (Å²) in [6.07, 6.45) is 3.02. The van der Waals surface area contributed by atoms with Gasteiger partial charge in [0.05, 0.1) is 19.8 Å². The number of aliphatic hydroxyl groups is 1. The molecule has 0 radical (unpaired) electrons. The summed E-state index contributed by atoms with van der Waals surface area (Å²) in [5, 5.41) is 11.2. The van der Waals surface area contributed by atoms with E-state index in [0.29, 0.717) is 43.9 Å². The number of ether oxygens (including phenoxy) is 4. The second kappa shape index (κ2) is 11.4. The molecule has 7 heteroatoms. The molecule has 1 saturated heterocycles. The lowest BCUT2D eigenvalue weighted by molar-refractivity contribution is -0.121. The lowest BCUT2D eigenvalue weighted by Crippen LogP contribution is -2.31. The molecule has 0 amide bonds. The summed E-state index contributed by atoms with van der Waals surface area (Å²) in [7, 11) is 1.63. The Bertz CT molecular complexity index is 909. The number of carbonyl (C=O) groups excluding carboxylic acids is 1. The summed E-state index contributed by atoms with van der Waals surface area (Å²) in [4.78, 5) is 15.1. The summed E-state index contributed by atoms with van der Waals surface area (Å²) < 4.78 is 21.7. The van der Waals surface area contributed by atoms with E-state index in [1.165, 1.54) is 12.8 Å². The second-order valence-corrected chi connectivity index (χ2v) is 8.70. The van der Waals surface area contributed by atoms with Gasteiger partial charge in [0.25, 0.3) is 0 Å². The van der Waals surface area contributed by atoms with Crippen LogP contribution >= 0.6 is 0 Å². The minimum absolute atomic E-state index is 0.150. The largest absolute Gasteiger partial charge is 0.497 e. The molecule has 4 rings (SSSR count). The van der Waals surface area contributed by atoms with E-state index in [-0.39, 0.29) is 18.5 Å². The first kappa shape index (κ1) is 23.4. The third-order valence-electron chi connectivity index (χ3n) is 6.29. The fourth-order valence-corrected chi connectivity index (χ4v) is 4.47. The molecule has 0 aliphatic carbocycles. The highest BCUT2D eigenvalue weighted by Crippen LogP contribution is 2.37. The third-order valence-corrected chi connectivity index (χ3v) is 6.29. The fourth-order valence-electron chi connectivity index (χ4n) is 4.47. The first-order chi connectivity index (χ1) is 16.1. The summed E-state index contributed by atoms with van der Waals surface area (Å²) in [6, 6.07) is 12.9. The molecular formula is C26H33NO6. The Kier molecular flexibility index (Phi) is 8.07. The quantitative estimate of drug-likeness (QED) is 0.485. The number of rotatable bonds is 12. The predicted molar refractivity (Wildman–Crippen MR) is 124 cm³/mol. The van der Waals surface area contributed by atoms with Crippen LogP contribution in [0.1, 0.15) is 43.8 Å². The third kappa shape index (κ3) is 6.39. The van der Waals surface area contributed by atoms with E-state index in [9.17, 15) is 9.90 Å². The predicted octanol–water partition coefficient (Wildman–Crippen LogP) is 3.99. The van der Waals surface area contributed by atoms with Gasteiger partial charge in [-0.1, -0.05) is 6.07 Å². The Balaban J connectivity index is 1.30. The number of aliphatic hydroxyl groups excluding tert-OH is 1. The molecule has 2 aliphatic heterocycles. The van der Waals surface area contributed by atoms with Crippen LogP contribution in [0.25, 0.3) is 0 Å². The van der Waals surface area contributed by atoms with E-state index in [4.69, 9.17) is 18.9 Å². The van der Waals surface area contributed by atoms with E-state index in [1.54, 1.807) is 7.11 Å². The molecule has 0 bridgehead atoms. The van der Waals surface area contributed by atoms with Crippen molar-refractivity contribution in [1.29, 1.82) is 0 Å². The maximum Gasteiger partial charge on any atom is 0.231 e. The highest BCUT2D eigenvalue weighted by Gasteiger charge is 2.28. The van der Waals surface area contributed by atoms with Gasteiger partial charge in [-0.05, 0) is 74.3 Å². The van der Waals surface area contributed by atoms with Crippen LogP contribution in [0.2, 0.25) is 0 Å². The number of benzene rings is 2. The number of ketones is 1. The number of likely N-dealkylation sites (tertiary alicyclic amines) is 1. The Hall–Kier alpha value is -2.77. The molecule has 2 aliphatic rings. The van der Waals surface area contributed by atoms with Crippen molar-refractivity contribution in [3.8, 4) is 23.0 Å². The fraction of sp³-hybridized carbons (Fsp3) is 0.500. The van der Waals surface area contributed by atoms with E-state index in [0.717, 1.165) is 30.2 Å². The standard InChI is InChI=1S/C26H33NO6/c1-30-22-7-9-23(10-8-22)31-14-4-5-21(28)15-20(17-27-12-2-3-13-27)26(29)19-6-11-24-25(16-19)33-18-32-24/h6-11,16,20,26,29H,2-5,12-15,17-18H2,1H3/t20-,26-/m1/s1. The molecule has 2 aromatic rings. The Morgan fingerprint density at radius 2 is 1.79 bits per heavy atom. The van der Waals surface area contributed by atoms with Crippen molar-refractivity contribution in [2.75, 3.05) is 40.1 Å². The average molecular weight is 456 g/mol. The number of nitrogens with zero attached hydrogens (tertiary/aromatic N) is 1. The van der Waals surface area contributed by atoms with E-state index in [2.05, 4.69) is 4.90 Å². The first-order valence-corrected chi connectivity index (χ1v) is 11.7. The molecule has 178 valence electrons. The number of Topliss-reactive ketones (excluding diaryl/α,β-unsaturated/α-hetero) is 1. The van der Waals surface area contributed by atoms with Crippen molar-refractivity contribution in [3.63, 3.8) is 0 Å². The summed E-state index contributed by atoms with van der Waals surface area (Å²) in [6.45, 7) is 3.43. The van der Waals surface area contributed by atoms with Gasteiger partial charge in [-0.2, -0.15) is 0 Å². The topological polar surface area (TPSA) is 77.5 Å². The van der Waals surface area contributed by atoms with Gasteiger partial charge in [0, 0.05) is 25.3 Å². The van der Waals surface area contributed by atoms with Gasteiger partial charge in [-0.15, -0.1) is 0 Å². The van der Waals surface area contributed by atoms with Crippen LogP contribution < -0.4 is 18.9 Å². The van der Waals surface area contributed by atoms with Gasteiger partial charge in [0.1, 0.15) is 17.3 Å². The van der Waals surface area contributed by atoms with Crippen molar-refractivity contribution in [2.45, 2.75) is 38.2 Å². The molecule has 0 spiro atoms. The highest BCUT2D eigenvalue weighted by atomic mass is 16.7.